The summed E-state index contributed by atoms with van der Waals surface area (Å²) in [5, 5.41) is 4.40. The van der Waals surface area contributed by atoms with Crippen LogP contribution in [0.25, 0.3) is 88.0 Å². The Bertz CT molecular complexity index is 2800. The average Bonchev–Trinajstić information content (AvgIpc) is 3.57. The molecule has 1 heterocycles. The van der Waals surface area contributed by atoms with Gasteiger partial charge in [0.25, 0.3) is 0 Å². The molecule has 9 aromatic rings. The Morgan fingerprint density at radius 1 is 0.356 bits per heavy atom. The van der Waals surface area contributed by atoms with Crippen LogP contribution in [0.15, 0.2) is 174 Å². The van der Waals surface area contributed by atoms with Crippen molar-refractivity contribution < 1.29 is 12.6 Å². The van der Waals surface area contributed by atoms with Gasteiger partial charge in [-0.3, -0.25) is 0 Å². The van der Waals surface area contributed by atoms with Crippen LogP contribution in [0.2, 0.25) is 0 Å². The standard InChI is InChI=1S/C44H28O/c1-3-15-29(16-4-1)31-19-7-8-20-33(31)41-34-21-9-11-23-36(34)42(37-24-12-10-22-35(37)41)38-26-14-28-40-44(38)43-32(25-13-27-39(43)45-40)30-17-5-2-6-18-30/h1-28H/i13D,14D,25D,26D,27D,28D. The van der Waals surface area contributed by atoms with Crippen LogP contribution in [0.3, 0.4) is 0 Å². The van der Waals surface area contributed by atoms with E-state index in [1.165, 1.54) is 0 Å². The zero-order valence-corrected chi connectivity index (χ0v) is 24.1. The third kappa shape index (κ3) is 4.02. The number of hydrogen-bond donors (Lipinski definition) is 0. The van der Waals surface area contributed by atoms with Crippen molar-refractivity contribution in [3.63, 3.8) is 0 Å². The highest BCUT2D eigenvalue weighted by molar-refractivity contribution is 6.27. The molecule has 0 bridgehead atoms. The van der Waals surface area contributed by atoms with Gasteiger partial charge in [0.1, 0.15) is 11.2 Å². The molecule has 210 valence electrons. The fraction of sp³-hybridized carbons (Fsp3) is 0. The van der Waals surface area contributed by atoms with Gasteiger partial charge in [0.15, 0.2) is 0 Å². The molecule has 0 N–H and O–H groups in total. The summed E-state index contributed by atoms with van der Waals surface area (Å²) in [5.74, 6) is 0. The lowest BCUT2D eigenvalue weighted by Crippen LogP contribution is -1.93. The lowest BCUT2D eigenvalue weighted by molar-refractivity contribution is 0.669. The van der Waals surface area contributed by atoms with E-state index in [1.807, 2.05) is 97.1 Å². The van der Waals surface area contributed by atoms with Crippen molar-refractivity contribution in [2.45, 2.75) is 0 Å². The van der Waals surface area contributed by atoms with Crippen LogP contribution < -0.4 is 0 Å². The first kappa shape index (κ1) is 20.1. The third-order valence-corrected chi connectivity index (χ3v) is 8.66. The van der Waals surface area contributed by atoms with Crippen molar-refractivity contribution >= 4 is 43.5 Å². The number of hydrogen-bond acceptors (Lipinski definition) is 1. The molecule has 1 nitrogen and oxygen atoms in total. The fourth-order valence-electron chi connectivity index (χ4n) is 6.78. The predicted octanol–water partition coefficient (Wildman–Crippen LogP) is 12.6. The highest BCUT2D eigenvalue weighted by Gasteiger charge is 2.22. The monoisotopic (exact) mass is 578 g/mol. The third-order valence-electron chi connectivity index (χ3n) is 8.66. The maximum absolute atomic E-state index is 9.53. The molecule has 0 unspecified atom stereocenters. The zero-order valence-electron chi connectivity index (χ0n) is 30.1. The summed E-state index contributed by atoms with van der Waals surface area (Å²) >= 11 is 0. The highest BCUT2D eigenvalue weighted by atomic mass is 16.3. The Morgan fingerprint density at radius 3 is 1.31 bits per heavy atom. The largest absolute Gasteiger partial charge is 0.456 e. The van der Waals surface area contributed by atoms with Gasteiger partial charge in [0.05, 0.1) is 8.22 Å². The summed E-state index contributed by atoms with van der Waals surface area (Å²) < 4.78 is 60.5. The van der Waals surface area contributed by atoms with Gasteiger partial charge >= 0.3 is 0 Å². The highest BCUT2D eigenvalue weighted by Crippen LogP contribution is 2.49. The van der Waals surface area contributed by atoms with E-state index in [0.29, 0.717) is 33.0 Å². The summed E-state index contributed by atoms with van der Waals surface area (Å²) in [6, 6.07) is 42.7. The van der Waals surface area contributed by atoms with E-state index in [4.69, 9.17) is 11.3 Å². The van der Waals surface area contributed by atoms with Gasteiger partial charge in [0, 0.05) is 10.8 Å². The molecule has 0 amide bonds. The topological polar surface area (TPSA) is 13.1 Å². The van der Waals surface area contributed by atoms with Crippen molar-refractivity contribution in [3.8, 4) is 44.5 Å². The van der Waals surface area contributed by atoms with Crippen LogP contribution in [0.5, 0.6) is 0 Å². The molecule has 1 heteroatoms. The van der Waals surface area contributed by atoms with Gasteiger partial charge in [-0.05, 0) is 78.1 Å². The van der Waals surface area contributed by atoms with Crippen LogP contribution in [-0.4, -0.2) is 0 Å². The maximum Gasteiger partial charge on any atom is 0.136 e. The van der Waals surface area contributed by atoms with Crippen LogP contribution >= 0.6 is 0 Å². The molecule has 0 aliphatic carbocycles. The first-order valence-corrected chi connectivity index (χ1v) is 15.0. The molecule has 0 fully saturated rings. The minimum Gasteiger partial charge on any atom is -0.456 e. The second kappa shape index (κ2) is 10.4. The van der Waals surface area contributed by atoms with Crippen LogP contribution in [0.4, 0.5) is 0 Å². The number of benzene rings is 8. The molecule has 9 rings (SSSR count). The van der Waals surface area contributed by atoms with E-state index < -0.39 is 0 Å². The van der Waals surface area contributed by atoms with E-state index >= 15 is 0 Å². The molecule has 45 heavy (non-hydrogen) atoms. The molecule has 0 aliphatic heterocycles. The van der Waals surface area contributed by atoms with Gasteiger partial charge in [-0.1, -0.05) is 158 Å². The molecule has 0 saturated carbocycles. The van der Waals surface area contributed by atoms with E-state index in [9.17, 15) is 1.37 Å². The molecule has 0 radical (unpaired) electrons. The van der Waals surface area contributed by atoms with Gasteiger partial charge in [-0.2, -0.15) is 0 Å². The van der Waals surface area contributed by atoms with Crippen LogP contribution in [0, 0.1) is 0 Å². The second-order valence-corrected chi connectivity index (χ2v) is 11.1. The van der Waals surface area contributed by atoms with Crippen molar-refractivity contribution in [2.75, 3.05) is 0 Å². The van der Waals surface area contributed by atoms with Gasteiger partial charge in [-0.25, -0.2) is 0 Å². The SMILES string of the molecule is [2H]c1c([2H])c(-c2ccccc2)c2c(oc3c([2H])c([2H])c([2H])c(-c4c5ccccc5c(-c5ccccc5-c5ccccc5)c5ccccc45)c32)c1[2H]. The molecular weight excluding hydrogens is 544 g/mol. The number of rotatable bonds is 4. The molecule has 0 saturated heterocycles. The summed E-state index contributed by atoms with van der Waals surface area (Å²) in [6.45, 7) is 0. The van der Waals surface area contributed by atoms with Crippen molar-refractivity contribution in [1.82, 2.24) is 0 Å². The Kier molecular flexibility index (Phi) is 4.63. The number of fused-ring (bicyclic) bond motifs is 5. The predicted molar refractivity (Wildman–Crippen MR) is 190 cm³/mol. The zero-order chi connectivity index (χ0) is 35.0. The molecule has 0 atom stereocenters. The lowest BCUT2D eigenvalue weighted by atomic mass is 9.83. The van der Waals surface area contributed by atoms with E-state index in [-0.39, 0.29) is 47.4 Å². The Morgan fingerprint density at radius 2 is 0.756 bits per heavy atom. The minimum absolute atomic E-state index is 0.0587. The van der Waals surface area contributed by atoms with Crippen LogP contribution in [0.1, 0.15) is 8.22 Å². The minimum atomic E-state index is -0.298. The van der Waals surface area contributed by atoms with Gasteiger partial charge < -0.3 is 4.42 Å². The summed E-state index contributed by atoms with van der Waals surface area (Å²) in [4.78, 5) is 0. The fourth-order valence-corrected chi connectivity index (χ4v) is 6.78. The Hall–Kier alpha value is -5.92. The van der Waals surface area contributed by atoms with E-state index in [0.717, 1.165) is 43.8 Å². The second-order valence-electron chi connectivity index (χ2n) is 11.1. The quantitative estimate of drug-likeness (QED) is 0.189. The van der Waals surface area contributed by atoms with E-state index in [1.54, 1.807) is 0 Å². The van der Waals surface area contributed by atoms with Crippen molar-refractivity contribution in [2.24, 2.45) is 0 Å². The molecular formula is C44H28O. The number of furan rings is 1. The smallest absolute Gasteiger partial charge is 0.136 e. The Balaban J connectivity index is 1.51. The first-order chi connectivity index (χ1) is 24.9. The first-order valence-electron chi connectivity index (χ1n) is 18.0. The van der Waals surface area contributed by atoms with Crippen molar-refractivity contribution in [3.05, 3.63) is 170 Å². The lowest BCUT2D eigenvalue weighted by Gasteiger charge is -2.20. The van der Waals surface area contributed by atoms with Crippen LogP contribution in [-0.2, 0) is 0 Å². The summed E-state index contributed by atoms with van der Waals surface area (Å²) in [6.07, 6.45) is 0. The van der Waals surface area contributed by atoms with Gasteiger partial charge in [0.2, 0.25) is 0 Å². The molecule has 0 aliphatic rings. The normalized spacial score (nSPS) is 13.4. The average molecular weight is 579 g/mol. The molecule has 1 aromatic heterocycles. The van der Waals surface area contributed by atoms with E-state index in [2.05, 4.69) is 36.4 Å². The summed E-state index contributed by atoms with van der Waals surface area (Å²) in [7, 11) is 0. The van der Waals surface area contributed by atoms with Gasteiger partial charge in [-0.15, -0.1) is 0 Å². The Labute approximate surface area is 270 Å². The maximum atomic E-state index is 9.53. The van der Waals surface area contributed by atoms with Crippen molar-refractivity contribution in [1.29, 1.82) is 0 Å². The molecule has 0 spiro atoms. The molecule has 8 aromatic carbocycles. The summed E-state index contributed by atoms with van der Waals surface area (Å²) in [5.41, 5.74) is 6.55.